The van der Waals surface area contributed by atoms with Crippen molar-refractivity contribution in [1.82, 2.24) is 20.0 Å². The number of carbonyl (C=O) groups excluding carboxylic acids is 1. The fourth-order valence-corrected chi connectivity index (χ4v) is 4.49. The number of benzene rings is 2. The number of aromatic nitrogens is 2. The van der Waals surface area contributed by atoms with E-state index in [-0.39, 0.29) is 11.7 Å². The Labute approximate surface area is 212 Å². The number of nitrogens with zero attached hydrogens (tertiary/aromatic N) is 5. The molecule has 1 aliphatic rings. The first-order chi connectivity index (χ1) is 17.5. The largest absolute Gasteiger partial charge is 0.494 e. The van der Waals surface area contributed by atoms with E-state index in [9.17, 15) is 9.18 Å². The maximum absolute atomic E-state index is 15.0. The zero-order valence-corrected chi connectivity index (χ0v) is 21.3. The minimum absolute atomic E-state index is 0.0934. The Bertz CT molecular complexity index is 1160. The third kappa shape index (κ3) is 5.99. The van der Waals surface area contributed by atoms with Crippen LogP contribution in [0.5, 0.6) is 5.75 Å². The molecule has 0 spiro atoms. The lowest BCUT2D eigenvalue weighted by Gasteiger charge is -2.35. The van der Waals surface area contributed by atoms with Gasteiger partial charge in [-0.2, -0.15) is 0 Å². The molecule has 0 bridgehead atoms. The van der Waals surface area contributed by atoms with Gasteiger partial charge in [0, 0.05) is 51.4 Å². The average molecular weight is 492 g/mol. The summed E-state index contributed by atoms with van der Waals surface area (Å²) < 4.78 is 20.5. The number of hydrogen-bond donors (Lipinski definition) is 0. The normalized spacial score (nSPS) is 14.1. The summed E-state index contributed by atoms with van der Waals surface area (Å²) in [6, 6.07) is 16.6. The first-order valence-corrected chi connectivity index (χ1v) is 12.6. The molecule has 1 amide bonds. The van der Waals surface area contributed by atoms with Crippen LogP contribution in [0.3, 0.4) is 0 Å². The lowest BCUT2D eigenvalue weighted by molar-refractivity contribution is 0.0766. The minimum Gasteiger partial charge on any atom is -0.494 e. The summed E-state index contributed by atoms with van der Waals surface area (Å²) in [5, 5.41) is 8.47. The highest BCUT2D eigenvalue weighted by Gasteiger charge is 2.20. The summed E-state index contributed by atoms with van der Waals surface area (Å²) in [6.07, 6.45) is 0. The number of carbonyl (C=O) groups is 1. The van der Waals surface area contributed by atoms with E-state index >= 15 is 0 Å². The fourth-order valence-electron chi connectivity index (χ4n) is 4.49. The predicted octanol–water partition coefficient (Wildman–Crippen LogP) is 4.49. The van der Waals surface area contributed by atoms with Gasteiger partial charge in [-0.15, -0.1) is 10.2 Å². The number of anilines is 1. The average Bonchev–Trinajstić information content (AvgIpc) is 2.90. The molecule has 190 valence electrons. The van der Waals surface area contributed by atoms with Gasteiger partial charge < -0.3 is 14.5 Å². The summed E-state index contributed by atoms with van der Waals surface area (Å²) in [5.41, 5.74) is 2.71. The van der Waals surface area contributed by atoms with Crippen molar-refractivity contribution in [2.75, 3.05) is 50.8 Å². The van der Waals surface area contributed by atoms with Gasteiger partial charge in [0.15, 0.2) is 11.5 Å². The molecule has 1 aliphatic heterocycles. The predicted molar refractivity (Wildman–Crippen MR) is 140 cm³/mol. The molecule has 7 nitrogen and oxygen atoms in total. The van der Waals surface area contributed by atoms with E-state index in [2.05, 4.69) is 20.0 Å². The fraction of sp³-hybridized carbons (Fsp3) is 0.393. The minimum atomic E-state index is -0.227. The molecule has 36 heavy (non-hydrogen) atoms. The second-order valence-corrected chi connectivity index (χ2v) is 8.79. The molecular formula is C28H34FN5O2. The van der Waals surface area contributed by atoms with Crippen LogP contribution >= 0.6 is 0 Å². The van der Waals surface area contributed by atoms with Crippen molar-refractivity contribution >= 4 is 11.7 Å². The molecular weight excluding hydrogens is 457 g/mol. The van der Waals surface area contributed by atoms with Crippen molar-refractivity contribution in [3.63, 3.8) is 0 Å². The highest BCUT2D eigenvalue weighted by Crippen LogP contribution is 2.27. The molecule has 1 fully saturated rings. The Balaban J connectivity index is 1.33. The van der Waals surface area contributed by atoms with Crippen molar-refractivity contribution in [3.8, 4) is 16.9 Å². The lowest BCUT2D eigenvalue weighted by atomic mass is 10.0. The molecule has 2 heterocycles. The van der Waals surface area contributed by atoms with Crippen LogP contribution in [0.25, 0.3) is 11.1 Å². The Morgan fingerprint density at radius 2 is 1.75 bits per heavy atom. The maximum Gasteiger partial charge on any atom is 0.274 e. The van der Waals surface area contributed by atoms with Gasteiger partial charge in [-0.1, -0.05) is 24.3 Å². The van der Waals surface area contributed by atoms with Gasteiger partial charge in [-0.25, -0.2) is 4.39 Å². The topological polar surface area (TPSA) is 61.8 Å². The van der Waals surface area contributed by atoms with Crippen LogP contribution in [0.15, 0.2) is 54.6 Å². The Hall–Kier alpha value is -3.52. The maximum atomic E-state index is 15.0. The van der Waals surface area contributed by atoms with E-state index in [4.69, 9.17) is 4.74 Å². The smallest absolute Gasteiger partial charge is 0.274 e. The van der Waals surface area contributed by atoms with Gasteiger partial charge >= 0.3 is 0 Å². The molecule has 0 atom stereocenters. The van der Waals surface area contributed by atoms with Crippen molar-refractivity contribution in [1.29, 1.82) is 0 Å². The zero-order valence-electron chi connectivity index (χ0n) is 21.3. The van der Waals surface area contributed by atoms with Gasteiger partial charge in [0.05, 0.1) is 6.61 Å². The van der Waals surface area contributed by atoms with Gasteiger partial charge in [0.25, 0.3) is 5.91 Å². The molecule has 3 aromatic rings. The zero-order chi connectivity index (χ0) is 25.5. The number of rotatable bonds is 9. The van der Waals surface area contributed by atoms with Crippen LogP contribution < -0.4 is 9.64 Å². The molecule has 1 aromatic heterocycles. The molecule has 8 heteroatoms. The Kier molecular flexibility index (Phi) is 8.48. The van der Waals surface area contributed by atoms with E-state index < -0.39 is 0 Å². The lowest BCUT2D eigenvalue weighted by Crippen LogP contribution is -2.46. The standard InChI is InChI=1S/C28H34FN5O2/c1-4-33(5-2)28(35)26-12-13-27(31-30-26)34-16-14-32(15-17-34)20-21-10-11-24(25(29)18-21)22-8-7-9-23(19-22)36-6-3/h7-13,18-19H,4-6,14-17,20H2,1-3H3. The summed E-state index contributed by atoms with van der Waals surface area (Å²) >= 11 is 0. The van der Waals surface area contributed by atoms with E-state index in [0.717, 1.165) is 48.9 Å². The molecule has 0 radical (unpaired) electrons. The number of piperazine rings is 1. The van der Waals surface area contributed by atoms with Crippen LogP contribution in [0.4, 0.5) is 10.2 Å². The molecule has 0 aliphatic carbocycles. The van der Waals surface area contributed by atoms with Crippen LogP contribution in [0.1, 0.15) is 36.8 Å². The van der Waals surface area contributed by atoms with Crippen molar-refractivity contribution in [2.24, 2.45) is 0 Å². The van der Waals surface area contributed by atoms with Crippen molar-refractivity contribution in [3.05, 3.63) is 71.7 Å². The van der Waals surface area contributed by atoms with Crippen LogP contribution in [0, 0.1) is 5.82 Å². The van der Waals surface area contributed by atoms with E-state index in [0.29, 0.717) is 37.5 Å². The second-order valence-electron chi connectivity index (χ2n) is 8.79. The van der Waals surface area contributed by atoms with E-state index in [1.807, 2.05) is 63.2 Å². The first kappa shape index (κ1) is 25.6. The third-order valence-corrected chi connectivity index (χ3v) is 6.51. The Morgan fingerprint density at radius 3 is 2.39 bits per heavy atom. The second kappa shape index (κ2) is 11.9. The summed E-state index contributed by atoms with van der Waals surface area (Å²) in [5.74, 6) is 1.19. The monoisotopic (exact) mass is 491 g/mol. The SMILES string of the molecule is CCOc1cccc(-c2ccc(CN3CCN(c4ccc(C(=O)N(CC)CC)nn4)CC3)cc2F)c1. The quantitative estimate of drug-likeness (QED) is 0.440. The van der Waals surface area contributed by atoms with Gasteiger partial charge in [0.2, 0.25) is 0 Å². The van der Waals surface area contributed by atoms with Crippen molar-refractivity contribution < 1.29 is 13.9 Å². The number of halogens is 1. The summed E-state index contributed by atoms with van der Waals surface area (Å²) in [7, 11) is 0. The van der Waals surface area contributed by atoms with Crippen molar-refractivity contribution in [2.45, 2.75) is 27.3 Å². The summed E-state index contributed by atoms with van der Waals surface area (Å²) in [6.45, 7) is 11.7. The molecule has 4 rings (SSSR count). The molecule has 0 N–H and O–H groups in total. The highest BCUT2D eigenvalue weighted by atomic mass is 19.1. The molecule has 2 aromatic carbocycles. The summed E-state index contributed by atoms with van der Waals surface area (Å²) in [4.78, 5) is 18.7. The van der Waals surface area contributed by atoms with Crippen LogP contribution in [-0.4, -0.2) is 71.8 Å². The number of hydrogen-bond acceptors (Lipinski definition) is 6. The highest BCUT2D eigenvalue weighted by molar-refractivity contribution is 5.92. The Morgan fingerprint density at radius 1 is 0.972 bits per heavy atom. The molecule has 1 saturated heterocycles. The third-order valence-electron chi connectivity index (χ3n) is 6.51. The number of ether oxygens (including phenoxy) is 1. The van der Waals surface area contributed by atoms with E-state index in [1.54, 1.807) is 17.0 Å². The first-order valence-electron chi connectivity index (χ1n) is 12.6. The van der Waals surface area contributed by atoms with Gasteiger partial charge in [-0.3, -0.25) is 9.69 Å². The molecule has 0 saturated carbocycles. The van der Waals surface area contributed by atoms with Crippen LogP contribution in [0.2, 0.25) is 0 Å². The van der Waals surface area contributed by atoms with Gasteiger partial charge in [0.1, 0.15) is 11.6 Å². The van der Waals surface area contributed by atoms with Crippen LogP contribution in [-0.2, 0) is 6.54 Å². The number of amides is 1. The van der Waals surface area contributed by atoms with Gasteiger partial charge in [-0.05, 0) is 62.2 Å². The molecule has 0 unspecified atom stereocenters. The van der Waals surface area contributed by atoms with E-state index in [1.165, 1.54) is 0 Å².